The number of carbonyl (C=O) groups excluding carboxylic acids is 1. The maximum Gasteiger partial charge on any atom is 0.513 e. The van der Waals surface area contributed by atoms with Crippen LogP contribution in [0.1, 0.15) is 13.8 Å². The molecule has 0 amide bonds. The molecule has 0 rings (SSSR count). The second-order valence-corrected chi connectivity index (χ2v) is 1.78. The van der Waals surface area contributed by atoms with Crippen LogP contribution in [-0.4, -0.2) is 32.5 Å². The third kappa shape index (κ3) is 13.5. The third-order valence-electron chi connectivity index (χ3n) is 0.889. The third-order valence-corrected chi connectivity index (χ3v) is 0.889. The molecule has 14 heavy (non-hydrogen) atoms. The van der Waals surface area contributed by atoms with Crippen molar-refractivity contribution in [2.75, 3.05) is 26.4 Å². The highest BCUT2D eigenvalue weighted by Crippen LogP contribution is 1.85. The fraction of sp³-hybridized carbons (Fsp3) is 0.667. The second-order valence-electron chi connectivity index (χ2n) is 1.78. The van der Waals surface area contributed by atoms with Crippen molar-refractivity contribution in [3.8, 4) is 0 Å². The van der Waals surface area contributed by atoms with Crippen molar-refractivity contribution in [1.82, 2.24) is 0 Å². The molecule has 2 N–H and O–H groups in total. The molecule has 5 nitrogen and oxygen atoms in total. The van der Waals surface area contributed by atoms with Crippen molar-refractivity contribution in [2.24, 2.45) is 5.73 Å². The first-order chi connectivity index (χ1) is 6.81. The van der Waals surface area contributed by atoms with E-state index < -0.39 is 6.16 Å². The summed E-state index contributed by atoms with van der Waals surface area (Å²) < 4.78 is 13.7. The zero-order valence-electron chi connectivity index (χ0n) is 8.82. The number of carbonyl (C=O) groups is 1. The van der Waals surface area contributed by atoms with Crippen LogP contribution in [0.5, 0.6) is 0 Å². The zero-order chi connectivity index (χ0) is 11.2. The molecule has 0 aliphatic heterocycles. The summed E-state index contributed by atoms with van der Waals surface area (Å²) in [6.45, 7) is 8.58. The molecule has 0 atom stereocenters. The molecule has 0 heterocycles. The normalized spacial score (nSPS) is 8.21. The molecule has 0 radical (unpaired) electrons. The molecule has 5 heteroatoms. The topological polar surface area (TPSA) is 70.8 Å². The Kier molecular flexibility index (Phi) is 15.9. The van der Waals surface area contributed by atoms with Crippen LogP contribution in [0, 0.1) is 0 Å². The van der Waals surface area contributed by atoms with E-state index in [4.69, 9.17) is 10.5 Å². The summed E-state index contributed by atoms with van der Waals surface area (Å²) in [5.41, 5.74) is 5.15. The van der Waals surface area contributed by atoms with Crippen molar-refractivity contribution in [3.05, 3.63) is 12.8 Å². The quantitative estimate of drug-likeness (QED) is 0.402. The molecule has 0 bridgehead atoms. The Morgan fingerprint density at radius 1 is 1.36 bits per heavy atom. The predicted molar refractivity (Wildman–Crippen MR) is 53.9 cm³/mol. The molecule has 0 aromatic carbocycles. The monoisotopic (exact) mass is 205 g/mol. The Hall–Kier alpha value is -1.07. The number of hydrogen-bond acceptors (Lipinski definition) is 5. The Balaban J connectivity index is 0. The average Bonchev–Trinajstić information content (AvgIpc) is 2.21. The molecule has 0 saturated carbocycles. The Labute approximate surface area is 84.8 Å². The van der Waals surface area contributed by atoms with Gasteiger partial charge in [0.15, 0.2) is 0 Å². The first-order valence-corrected chi connectivity index (χ1v) is 4.53. The van der Waals surface area contributed by atoms with E-state index >= 15 is 0 Å². The van der Waals surface area contributed by atoms with Crippen molar-refractivity contribution in [3.63, 3.8) is 0 Å². The zero-order valence-corrected chi connectivity index (χ0v) is 8.82. The van der Waals surface area contributed by atoms with E-state index in [0.29, 0.717) is 19.8 Å². The van der Waals surface area contributed by atoms with Gasteiger partial charge in [-0.15, -0.1) is 0 Å². The lowest BCUT2D eigenvalue weighted by Gasteiger charge is -2.02. The van der Waals surface area contributed by atoms with E-state index in [2.05, 4.69) is 16.1 Å². The lowest BCUT2D eigenvalue weighted by Crippen LogP contribution is -2.14. The lowest BCUT2D eigenvalue weighted by molar-refractivity contribution is 0.0465. The first kappa shape index (κ1) is 15.4. The summed E-state index contributed by atoms with van der Waals surface area (Å²) in [6, 6.07) is 0. The van der Waals surface area contributed by atoms with Gasteiger partial charge in [0.25, 0.3) is 0 Å². The summed E-state index contributed by atoms with van der Waals surface area (Å²) in [7, 11) is 0. The number of rotatable bonds is 6. The van der Waals surface area contributed by atoms with Crippen molar-refractivity contribution in [2.45, 2.75) is 13.8 Å². The van der Waals surface area contributed by atoms with Gasteiger partial charge in [-0.05, 0) is 0 Å². The first-order valence-electron chi connectivity index (χ1n) is 4.53. The van der Waals surface area contributed by atoms with Crippen molar-refractivity contribution in [1.29, 1.82) is 0 Å². The van der Waals surface area contributed by atoms with E-state index in [9.17, 15) is 4.79 Å². The fourth-order valence-electron chi connectivity index (χ4n) is 0.471. The predicted octanol–water partition coefficient (Wildman–Crippen LogP) is 1.28. The van der Waals surface area contributed by atoms with Crippen LogP contribution < -0.4 is 5.73 Å². The van der Waals surface area contributed by atoms with Crippen LogP contribution in [0.4, 0.5) is 4.79 Å². The van der Waals surface area contributed by atoms with Gasteiger partial charge in [0, 0.05) is 6.54 Å². The molecule has 0 spiro atoms. The largest absolute Gasteiger partial charge is 0.513 e. The molecular weight excluding hydrogens is 186 g/mol. The molecule has 0 aliphatic rings. The highest BCUT2D eigenvalue weighted by atomic mass is 16.7. The van der Waals surface area contributed by atoms with E-state index in [0.717, 1.165) is 6.26 Å². The minimum Gasteiger partial charge on any atom is -0.432 e. The summed E-state index contributed by atoms with van der Waals surface area (Å²) in [5, 5.41) is 0. The minimum atomic E-state index is -0.777. The van der Waals surface area contributed by atoms with Gasteiger partial charge in [-0.2, -0.15) is 0 Å². The molecule has 0 aromatic rings. The number of hydrogen-bond donors (Lipinski definition) is 1. The number of nitrogens with two attached hydrogens (primary N) is 1. The van der Waals surface area contributed by atoms with Gasteiger partial charge in [-0.3, -0.25) is 0 Å². The summed E-state index contributed by atoms with van der Waals surface area (Å²) in [5.74, 6) is 0. The minimum absolute atomic E-state index is 0.159. The molecule has 0 unspecified atom stereocenters. The van der Waals surface area contributed by atoms with Crippen LogP contribution in [0.25, 0.3) is 0 Å². The van der Waals surface area contributed by atoms with Gasteiger partial charge in [-0.25, -0.2) is 4.79 Å². The van der Waals surface area contributed by atoms with Gasteiger partial charge in [0.1, 0.15) is 6.61 Å². The van der Waals surface area contributed by atoms with Crippen LogP contribution in [-0.2, 0) is 14.2 Å². The molecule has 0 aromatic heterocycles. The van der Waals surface area contributed by atoms with Crippen LogP contribution in [0.3, 0.4) is 0 Å². The number of ether oxygens (including phenoxy) is 3. The fourth-order valence-corrected chi connectivity index (χ4v) is 0.471. The van der Waals surface area contributed by atoms with E-state index in [1.807, 2.05) is 13.8 Å². The van der Waals surface area contributed by atoms with E-state index in [1.54, 1.807) is 0 Å². The smallest absolute Gasteiger partial charge is 0.432 e. The van der Waals surface area contributed by atoms with Gasteiger partial charge in [-0.1, -0.05) is 20.4 Å². The maximum absolute atomic E-state index is 10.5. The molecule has 0 saturated heterocycles. The Morgan fingerprint density at radius 2 is 2.00 bits per heavy atom. The standard InChI is InChI=1S/C7H13NO4.C2H6/c1-2-11-7(9)12-6-5-10-4-3-8;1-2/h2H,1,3-6,8H2;1-2H3. The summed E-state index contributed by atoms with van der Waals surface area (Å²) in [6.07, 6.45) is 0.227. The molecule has 0 aliphatic carbocycles. The summed E-state index contributed by atoms with van der Waals surface area (Å²) >= 11 is 0. The van der Waals surface area contributed by atoms with Gasteiger partial charge in [0.2, 0.25) is 0 Å². The highest BCUT2D eigenvalue weighted by molar-refractivity contribution is 5.60. The van der Waals surface area contributed by atoms with Gasteiger partial charge in [0.05, 0.1) is 19.5 Å². The van der Waals surface area contributed by atoms with Gasteiger partial charge < -0.3 is 19.9 Å². The van der Waals surface area contributed by atoms with Crippen LogP contribution in [0.2, 0.25) is 0 Å². The summed E-state index contributed by atoms with van der Waals surface area (Å²) in [4.78, 5) is 10.5. The molecule has 0 fully saturated rings. The van der Waals surface area contributed by atoms with Crippen LogP contribution >= 0.6 is 0 Å². The van der Waals surface area contributed by atoms with E-state index in [1.165, 1.54) is 0 Å². The molecule has 84 valence electrons. The van der Waals surface area contributed by atoms with E-state index in [-0.39, 0.29) is 6.61 Å². The molecular formula is C9H19NO4. The highest BCUT2D eigenvalue weighted by Gasteiger charge is 1.99. The van der Waals surface area contributed by atoms with Crippen molar-refractivity contribution < 1.29 is 19.0 Å². The SMILES string of the molecule is C=COC(=O)OCCOCCN.CC. The lowest BCUT2D eigenvalue weighted by atomic mass is 10.7. The Morgan fingerprint density at radius 3 is 2.50 bits per heavy atom. The van der Waals surface area contributed by atoms with Gasteiger partial charge >= 0.3 is 6.16 Å². The average molecular weight is 205 g/mol. The van der Waals surface area contributed by atoms with Crippen molar-refractivity contribution >= 4 is 6.16 Å². The van der Waals surface area contributed by atoms with Crippen LogP contribution in [0.15, 0.2) is 12.8 Å². The second kappa shape index (κ2) is 14.5. The maximum atomic E-state index is 10.5. The Bertz CT molecular complexity index is 139.